The smallest absolute Gasteiger partial charge is 0.268 e. The first kappa shape index (κ1) is 18.3. The van der Waals surface area contributed by atoms with Crippen LogP contribution in [0.1, 0.15) is 31.8 Å². The molecule has 3 nitrogen and oxygen atoms in total. The maximum atomic E-state index is 12.9. The van der Waals surface area contributed by atoms with E-state index in [4.69, 9.17) is 0 Å². The Hall–Kier alpha value is -2.49. The Morgan fingerprint density at radius 1 is 0.731 bits per heavy atom. The number of fused-ring (bicyclic) bond motifs is 1. The highest BCUT2D eigenvalue weighted by Crippen LogP contribution is 2.40. The molecule has 10 heteroatoms. The number of hydrogen-bond donors (Lipinski definition) is 0. The average Bonchev–Trinajstić information content (AvgIpc) is 2.78. The number of benzene rings is 2. The highest BCUT2D eigenvalue weighted by Gasteiger charge is 2.39. The number of alkyl halides is 6. The minimum absolute atomic E-state index is 0.0214. The van der Waals surface area contributed by atoms with Gasteiger partial charge in [0.1, 0.15) is 0 Å². The zero-order valence-corrected chi connectivity index (χ0v) is 13.3. The minimum atomic E-state index is -5.02. The molecule has 0 aliphatic carbocycles. The van der Waals surface area contributed by atoms with Gasteiger partial charge in [-0.3, -0.25) is 9.59 Å². The van der Waals surface area contributed by atoms with E-state index in [1.165, 1.54) is 24.3 Å². The molecule has 0 unspecified atom stereocenters. The Labute approximate surface area is 146 Å². The van der Waals surface area contributed by atoms with Crippen LogP contribution in [-0.2, 0) is 12.4 Å². The summed E-state index contributed by atoms with van der Waals surface area (Å²) in [5, 5.41) is 0. The third-order valence-corrected chi connectivity index (χ3v) is 4.48. The lowest BCUT2D eigenvalue weighted by atomic mass is 10.1. The summed E-state index contributed by atoms with van der Waals surface area (Å²) in [4.78, 5) is 23.9. The molecule has 2 amide bonds. The molecule has 136 valence electrons. The summed E-state index contributed by atoms with van der Waals surface area (Å²) in [6.07, 6.45) is -10.0. The minimum Gasteiger partial charge on any atom is -0.268 e. The van der Waals surface area contributed by atoms with Crippen LogP contribution in [0.4, 0.5) is 26.3 Å². The van der Waals surface area contributed by atoms with Crippen molar-refractivity contribution in [3.63, 3.8) is 0 Å². The molecule has 0 spiro atoms. The molecule has 0 atom stereocenters. The molecule has 0 N–H and O–H groups in total. The first-order chi connectivity index (χ1) is 12.0. The van der Waals surface area contributed by atoms with Crippen molar-refractivity contribution in [2.45, 2.75) is 17.2 Å². The summed E-state index contributed by atoms with van der Waals surface area (Å²) in [6, 6.07) is 6.58. The van der Waals surface area contributed by atoms with Gasteiger partial charge in [-0.15, -0.1) is 0 Å². The van der Waals surface area contributed by atoms with Gasteiger partial charge in [0.05, 0.1) is 22.3 Å². The molecule has 0 aromatic heterocycles. The van der Waals surface area contributed by atoms with Crippen LogP contribution in [0.15, 0.2) is 47.4 Å². The third-order valence-electron chi connectivity index (χ3n) is 3.51. The van der Waals surface area contributed by atoms with E-state index in [-0.39, 0.29) is 29.1 Å². The summed E-state index contributed by atoms with van der Waals surface area (Å²) in [6.45, 7) is 0. The van der Waals surface area contributed by atoms with Gasteiger partial charge in [0.2, 0.25) is 0 Å². The maximum absolute atomic E-state index is 12.9. The van der Waals surface area contributed by atoms with E-state index in [0.29, 0.717) is 16.4 Å². The van der Waals surface area contributed by atoms with Crippen LogP contribution in [0.2, 0.25) is 0 Å². The summed E-state index contributed by atoms with van der Waals surface area (Å²) in [5.74, 6) is -1.61. The SMILES string of the molecule is O=C1c2ccccc2C(=O)N1Sc1cc(C(F)(F)F)cc(C(F)(F)F)c1. The number of imide groups is 1. The van der Waals surface area contributed by atoms with Crippen LogP contribution in [0.25, 0.3) is 0 Å². The topological polar surface area (TPSA) is 37.4 Å². The van der Waals surface area contributed by atoms with Crippen LogP contribution < -0.4 is 0 Å². The zero-order chi connectivity index (χ0) is 19.3. The number of carbonyl (C=O) groups is 2. The van der Waals surface area contributed by atoms with Crippen molar-refractivity contribution in [2.24, 2.45) is 0 Å². The molecule has 0 saturated heterocycles. The maximum Gasteiger partial charge on any atom is 0.416 e. The first-order valence-corrected chi connectivity index (χ1v) is 7.71. The van der Waals surface area contributed by atoms with Crippen molar-refractivity contribution in [1.82, 2.24) is 4.31 Å². The number of hydrogen-bond acceptors (Lipinski definition) is 3. The molecular weight excluding hydrogens is 384 g/mol. The summed E-state index contributed by atoms with van der Waals surface area (Å²) < 4.78 is 77.9. The van der Waals surface area contributed by atoms with Crippen LogP contribution in [-0.4, -0.2) is 16.1 Å². The van der Waals surface area contributed by atoms with Crippen molar-refractivity contribution in [3.05, 3.63) is 64.7 Å². The van der Waals surface area contributed by atoms with Crippen LogP contribution in [0.5, 0.6) is 0 Å². The van der Waals surface area contributed by atoms with Gasteiger partial charge in [-0.05, 0) is 42.3 Å². The summed E-state index contributed by atoms with van der Waals surface area (Å²) >= 11 is 0.219. The standard InChI is InChI=1S/C16H7F6NO2S/c17-15(18,19)8-5-9(16(20,21)22)7-10(6-8)26-23-13(24)11-3-1-2-4-12(11)14(23)25/h1-7H. The fraction of sp³-hybridized carbons (Fsp3) is 0.125. The predicted octanol–water partition coefficient (Wildman–Crippen LogP) is 5.03. The van der Waals surface area contributed by atoms with Crippen molar-refractivity contribution >= 4 is 23.8 Å². The van der Waals surface area contributed by atoms with E-state index in [2.05, 4.69) is 0 Å². The molecule has 0 bridgehead atoms. The summed E-state index contributed by atoms with van der Waals surface area (Å²) in [7, 11) is 0. The highest BCUT2D eigenvalue weighted by atomic mass is 32.2. The van der Waals surface area contributed by atoms with Gasteiger partial charge in [0, 0.05) is 4.90 Å². The quantitative estimate of drug-likeness (QED) is 0.410. The third kappa shape index (κ3) is 3.28. The summed E-state index contributed by atoms with van der Waals surface area (Å²) in [5.41, 5.74) is -2.97. The van der Waals surface area contributed by atoms with Crippen LogP contribution in [0, 0.1) is 0 Å². The molecule has 1 aliphatic heterocycles. The van der Waals surface area contributed by atoms with Gasteiger partial charge >= 0.3 is 12.4 Å². The Balaban J connectivity index is 2.01. The number of halogens is 6. The lowest BCUT2D eigenvalue weighted by molar-refractivity contribution is -0.143. The predicted molar refractivity (Wildman–Crippen MR) is 79.2 cm³/mol. The zero-order valence-electron chi connectivity index (χ0n) is 12.5. The molecule has 1 aliphatic rings. The van der Waals surface area contributed by atoms with Gasteiger partial charge in [0.25, 0.3) is 11.8 Å². The van der Waals surface area contributed by atoms with E-state index in [0.717, 1.165) is 0 Å². The molecule has 26 heavy (non-hydrogen) atoms. The molecule has 0 saturated carbocycles. The van der Waals surface area contributed by atoms with Crippen LogP contribution in [0.3, 0.4) is 0 Å². The Kier molecular flexibility index (Phi) is 4.26. The normalized spacial score (nSPS) is 14.8. The molecule has 2 aromatic carbocycles. The monoisotopic (exact) mass is 391 g/mol. The lowest BCUT2D eigenvalue weighted by Crippen LogP contribution is -2.22. The second-order valence-electron chi connectivity index (χ2n) is 5.28. The molecule has 1 heterocycles. The fourth-order valence-electron chi connectivity index (χ4n) is 2.33. The molecular formula is C16H7F6NO2S. The fourth-order valence-corrected chi connectivity index (χ4v) is 3.27. The van der Waals surface area contributed by atoms with Crippen molar-refractivity contribution in [3.8, 4) is 0 Å². The van der Waals surface area contributed by atoms with Crippen molar-refractivity contribution in [1.29, 1.82) is 0 Å². The Bertz CT molecular complexity index is 839. The van der Waals surface area contributed by atoms with Gasteiger partial charge in [0.15, 0.2) is 0 Å². The van der Waals surface area contributed by atoms with E-state index < -0.39 is 40.2 Å². The second kappa shape index (κ2) is 6.04. The number of amides is 2. The van der Waals surface area contributed by atoms with E-state index in [1.54, 1.807) is 0 Å². The molecule has 0 radical (unpaired) electrons. The Morgan fingerprint density at radius 3 is 1.54 bits per heavy atom. The highest BCUT2D eigenvalue weighted by molar-refractivity contribution is 7.98. The number of rotatable bonds is 2. The Morgan fingerprint density at radius 2 is 1.15 bits per heavy atom. The van der Waals surface area contributed by atoms with Crippen LogP contribution >= 0.6 is 11.9 Å². The van der Waals surface area contributed by atoms with Gasteiger partial charge in [-0.2, -0.15) is 26.3 Å². The largest absolute Gasteiger partial charge is 0.416 e. The molecule has 2 aromatic rings. The lowest BCUT2D eigenvalue weighted by Gasteiger charge is -2.16. The van der Waals surface area contributed by atoms with E-state index >= 15 is 0 Å². The van der Waals surface area contributed by atoms with Gasteiger partial charge in [-0.25, -0.2) is 4.31 Å². The van der Waals surface area contributed by atoms with Gasteiger partial charge in [-0.1, -0.05) is 12.1 Å². The number of carbonyl (C=O) groups excluding carboxylic acids is 2. The van der Waals surface area contributed by atoms with Gasteiger partial charge < -0.3 is 0 Å². The second-order valence-corrected chi connectivity index (χ2v) is 6.30. The van der Waals surface area contributed by atoms with Crippen molar-refractivity contribution in [2.75, 3.05) is 0 Å². The number of nitrogens with zero attached hydrogens (tertiary/aromatic N) is 1. The van der Waals surface area contributed by atoms with E-state index in [1.807, 2.05) is 0 Å². The molecule has 3 rings (SSSR count). The first-order valence-electron chi connectivity index (χ1n) is 6.94. The molecule has 0 fully saturated rings. The average molecular weight is 391 g/mol. The van der Waals surface area contributed by atoms with E-state index in [9.17, 15) is 35.9 Å². The van der Waals surface area contributed by atoms with Crippen molar-refractivity contribution < 1.29 is 35.9 Å².